The van der Waals surface area contributed by atoms with Crippen molar-refractivity contribution in [3.05, 3.63) is 0 Å². The molecule has 1 heterocycles. The summed E-state index contributed by atoms with van der Waals surface area (Å²) in [6.07, 6.45) is 1.82. The minimum absolute atomic E-state index is 0.0249. The monoisotopic (exact) mass is 257 g/mol. The Hall–Kier alpha value is -0.610. The van der Waals surface area contributed by atoms with E-state index in [2.05, 4.69) is 25.7 Å². The normalized spacial score (nSPS) is 18.9. The number of nitrogens with zero attached hydrogens (tertiary/aromatic N) is 1. The summed E-state index contributed by atoms with van der Waals surface area (Å²) in [5, 5.41) is 0. The lowest BCUT2D eigenvalue weighted by molar-refractivity contribution is -0.149. The number of piperidine rings is 1. The first-order valence-corrected chi connectivity index (χ1v) is 6.95. The van der Waals surface area contributed by atoms with E-state index in [0.717, 1.165) is 39.1 Å². The first-order chi connectivity index (χ1) is 8.42. The zero-order valence-electron chi connectivity index (χ0n) is 12.2. The molecule has 0 atom stereocenters. The highest BCUT2D eigenvalue weighted by Crippen LogP contribution is 2.18. The van der Waals surface area contributed by atoms with Crippen molar-refractivity contribution >= 4 is 5.97 Å². The lowest BCUT2D eigenvalue weighted by Gasteiger charge is -2.31. The Balaban J connectivity index is 2.17. The van der Waals surface area contributed by atoms with Gasteiger partial charge in [-0.25, -0.2) is 0 Å². The largest absolute Gasteiger partial charge is 0.466 e. The third kappa shape index (κ3) is 5.83. The highest BCUT2D eigenvalue weighted by Gasteiger charge is 2.25. The van der Waals surface area contributed by atoms with Gasteiger partial charge >= 0.3 is 5.97 Å². The molecule has 0 aliphatic carbocycles. The quantitative estimate of drug-likeness (QED) is 0.707. The van der Waals surface area contributed by atoms with Gasteiger partial charge in [0.05, 0.1) is 24.7 Å². The van der Waals surface area contributed by atoms with Crippen molar-refractivity contribution in [3.8, 4) is 0 Å². The number of likely N-dealkylation sites (tertiary alicyclic amines) is 1. The van der Waals surface area contributed by atoms with E-state index in [1.54, 1.807) is 0 Å². The Kier molecular flexibility index (Phi) is 6.09. The van der Waals surface area contributed by atoms with Crippen LogP contribution in [0.15, 0.2) is 0 Å². The van der Waals surface area contributed by atoms with Crippen LogP contribution < -0.4 is 0 Å². The zero-order chi connectivity index (χ0) is 13.6. The predicted molar refractivity (Wildman–Crippen MR) is 71.5 cm³/mol. The number of carbonyl (C=O) groups is 1. The Labute approximate surface area is 111 Å². The van der Waals surface area contributed by atoms with Crippen molar-refractivity contribution in [1.29, 1.82) is 0 Å². The van der Waals surface area contributed by atoms with E-state index in [4.69, 9.17) is 9.47 Å². The third-order valence-corrected chi connectivity index (χ3v) is 3.15. The molecule has 1 rings (SSSR count). The van der Waals surface area contributed by atoms with Crippen LogP contribution in [0.25, 0.3) is 0 Å². The number of esters is 1. The number of carbonyl (C=O) groups excluding carboxylic acids is 1. The second kappa shape index (κ2) is 7.10. The highest BCUT2D eigenvalue weighted by atomic mass is 16.5. The average molecular weight is 257 g/mol. The van der Waals surface area contributed by atoms with Gasteiger partial charge in [0, 0.05) is 6.54 Å². The first-order valence-electron chi connectivity index (χ1n) is 6.95. The molecule has 106 valence electrons. The third-order valence-electron chi connectivity index (χ3n) is 3.15. The first kappa shape index (κ1) is 15.4. The molecule has 0 unspecified atom stereocenters. The number of hydrogen-bond donors (Lipinski definition) is 0. The molecule has 0 saturated carbocycles. The van der Waals surface area contributed by atoms with Gasteiger partial charge in [-0.05, 0) is 53.6 Å². The topological polar surface area (TPSA) is 38.8 Å². The molecular formula is C14H27NO3. The molecular weight excluding hydrogens is 230 g/mol. The summed E-state index contributed by atoms with van der Waals surface area (Å²) in [7, 11) is 0. The van der Waals surface area contributed by atoms with Crippen LogP contribution in [0.5, 0.6) is 0 Å². The molecule has 0 aromatic heterocycles. The summed E-state index contributed by atoms with van der Waals surface area (Å²) < 4.78 is 10.8. The van der Waals surface area contributed by atoms with E-state index in [1.165, 1.54) is 0 Å². The van der Waals surface area contributed by atoms with Gasteiger partial charge < -0.3 is 14.4 Å². The van der Waals surface area contributed by atoms with Gasteiger partial charge in [-0.15, -0.1) is 0 Å². The minimum Gasteiger partial charge on any atom is -0.466 e. The molecule has 1 saturated heterocycles. The standard InChI is InChI=1S/C14H27NO3/c1-5-17-13(16)12-6-8-15(9-7-12)10-11-18-14(2,3)4/h12H,5-11H2,1-4H3. The van der Waals surface area contributed by atoms with Crippen molar-refractivity contribution in [1.82, 2.24) is 4.90 Å². The maximum absolute atomic E-state index is 11.6. The average Bonchev–Trinajstić information content (AvgIpc) is 2.28. The maximum atomic E-state index is 11.6. The molecule has 0 amide bonds. The van der Waals surface area contributed by atoms with E-state index < -0.39 is 0 Å². The van der Waals surface area contributed by atoms with E-state index in [1.807, 2.05) is 6.92 Å². The van der Waals surface area contributed by atoms with Gasteiger partial charge in [0.25, 0.3) is 0 Å². The van der Waals surface area contributed by atoms with Crippen LogP contribution >= 0.6 is 0 Å². The van der Waals surface area contributed by atoms with E-state index in [0.29, 0.717) is 6.61 Å². The van der Waals surface area contributed by atoms with Crippen molar-refractivity contribution in [2.75, 3.05) is 32.8 Å². The summed E-state index contributed by atoms with van der Waals surface area (Å²) in [4.78, 5) is 13.9. The molecule has 1 aliphatic rings. The fourth-order valence-corrected chi connectivity index (χ4v) is 2.13. The van der Waals surface area contributed by atoms with Crippen molar-refractivity contribution in [2.24, 2.45) is 5.92 Å². The molecule has 0 bridgehead atoms. The number of ether oxygens (including phenoxy) is 2. The second-order valence-electron chi connectivity index (χ2n) is 5.83. The summed E-state index contributed by atoms with van der Waals surface area (Å²) in [6, 6.07) is 0. The smallest absolute Gasteiger partial charge is 0.309 e. The molecule has 0 spiro atoms. The van der Waals surface area contributed by atoms with Gasteiger partial charge in [-0.2, -0.15) is 0 Å². The molecule has 0 radical (unpaired) electrons. The van der Waals surface area contributed by atoms with E-state index >= 15 is 0 Å². The van der Waals surface area contributed by atoms with Crippen LogP contribution in [0, 0.1) is 5.92 Å². The maximum Gasteiger partial charge on any atom is 0.309 e. The molecule has 1 aliphatic heterocycles. The lowest BCUT2D eigenvalue weighted by atomic mass is 9.97. The van der Waals surface area contributed by atoms with E-state index in [9.17, 15) is 4.79 Å². The fraction of sp³-hybridized carbons (Fsp3) is 0.929. The predicted octanol–water partition coefficient (Wildman–Crippen LogP) is 2.08. The van der Waals surface area contributed by atoms with Gasteiger partial charge in [0.1, 0.15) is 0 Å². The van der Waals surface area contributed by atoms with Crippen molar-refractivity contribution in [3.63, 3.8) is 0 Å². The van der Waals surface area contributed by atoms with Crippen molar-refractivity contribution in [2.45, 2.75) is 46.1 Å². The van der Waals surface area contributed by atoms with Gasteiger partial charge in [0.15, 0.2) is 0 Å². The highest BCUT2D eigenvalue weighted by molar-refractivity contribution is 5.72. The van der Waals surface area contributed by atoms with Crippen LogP contribution in [-0.2, 0) is 14.3 Å². The molecule has 4 heteroatoms. The van der Waals surface area contributed by atoms with Gasteiger partial charge in [-0.3, -0.25) is 4.79 Å². The molecule has 18 heavy (non-hydrogen) atoms. The Bertz CT molecular complexity index is 252. The Morgan fingerprint density at radius 1 is 1.28 bits per heavy atom. The molecule has 0 aromatic carbocycles. The Morgan fingerprint density at radius 3 is 2.39 bits per heavy atom. The number of hydrogen-bond acceptors (Lipinski definition) is 4. The molecule has 0 N–H and O–H groups in total. The second-order valence-corrected chi connectivity index (χ2v) is 5.83. The summed E-state index contributed by atoms with van der Waals surface area (Å²) in [5.41, 5.74) is -0.0662. The van der Waals surface area contributed by atoms with Crippen LogP contribution in [0.1, 0.15) is 40.5 Å². The molecule has 4 nitrogen and oxygen atoms in total. The van der Waals surface area contributed by atoms with Gasteiger partial charge in [0.2, 0.25) is 0 Å². The zero-order valence-corrected chi connectivity index (χ0v) is 12.2. The SMILES string of the molecule is CCOC(=O)C1CCN(CCOC(C)(C)C)CC1. The molecule has 1 fully saturated rings. The minimum atomic E-state index is -0.0662. The van der Waals surface area contributed by atoms with Crippen LogP contribution in [-0.4, -0.2) is 49.3 Å². The van der Waals surface area contributed by atoms with Crippen molar-refractivity contribution < 1.29 is 14.3 Å². The van der Waals surface area contributed by atoms with Crippen LogP contribution in [0.4, 0.5) is 0 Å². The Morgan fingerprint density at radius 2 is 1.89 bits per heavy atom. The fourth-order valence-electron chi connectivity index (χ4n) is 2.13. The van der Waals surface area contributed by atoms with Crippen LogP contribution in [0.2, 0.25) is 0 Å². The summed E-state index contributed by atoms with van der Waals surface area (Å²) in [6.45, 7) is 12.2. The molecule has 0 aromatic rings. The number of rotatable bonds is 5. The summed E-state index contributed by atoms with van der Waals surface area (Å²) in [5.74, 6) is 0.0767. The van der Waals surface area contributed by atoms with Gasteiger partial charge in [-0.1, -0.05) is 0 Å². The van der Waals surface area contributed by atoms with Crippen LogP contribution in [0.3, 0.4) is 0 Å². The summed E-state index contributed by atoms with van der Waals surface area (Å²) >= 11 is 0. The lowest BCUT2D eigenvalue weighted by Crippen LogP contribution is -2.39. The van der Waals surface area contributed by atoms with E-state index in [-0.39, 0.29) is 17.5 Å².